The van der Waals surface area contributed by atoms with Gasteiger partial charge < -0.3 is 5.11 Å². The molecule has 0 saturated carbocycles. The lowest BCUT2D eigenvalue weighted by molar-refractivity contribution is -0.152. The molecule has 12 heavy (non-hydrogen) atoms. The summed E-state index contributed by atoms with van der Waals surface area (Å²) >= 11 is 4.35. The highest BCUT2D eigenvalue weighted by molar-refractivity contribution is 6.34. The van der Waals surface area contributed by atoms with Crippen molar-refractivity contribution in [3.05, 3.63) is 0 Å². The molecule has 0 spiro atoms. The first-order valence-corrected chi connectivity index (χ1v) is 3.52. The largest absolute Gasteiger partial charge is 0.481 e. The smallest absolute Gasteiger partial charge is 0.381 e. The number of Topliss-reactive ketones (excluding diaryl/α,β-unsaturated/α-hetero) is 1. The monoisotopic (exact) mass is 200 g/mol. The molecule has 0 aliphatic carbocycles. The fourth-order valence-electron chi connectivity index (χ4n) is 0.670. The molecular weight excluding hydrogens is 194 g/mol. The summed E-state index contributed by atoms with van der Waals surface area (Å²) in [4.78, 5) is 20.8. The molecule has 0 saturated heterocycles. The molecule has 0 aromatic carbocycles. The van der Waals surface area contributed by atoms with Gasteiger partial charge in [-0.3, -0.25) is 9.59 Å². The van der Waals surface area contributed by atoms with E-state index in [0.717, 1.165) is 0 Å². The van der Waals surface area contributed by atoms with Gasteiger partial charge in [-0.05, 0) is 18.0 Å². The minimum absolute atomic E-state index is 0.198. The standard InChI is InChI=1S/C6H7ClF2O3/c1-2-3(5(11)12)4(10)6(7,8)9/h3H,2H2,1H3,(H,11,12). The highest BCUT2D eigenvalue weighted by Gasteiger charge is 2.43. The van der Waals surface area contributed by atoms with E-state index in [2.05, 4.69) is 11.6 Å². The lowest BCUT2D eigenvalue weighted by atomic mass is 10.0. The molecule has 0 aliphatic heterocycles. The Morgan fingerprint density at radius 2 is 2.00 bits per heavy atom. The summed E-state index contributed by atoms with van der Waals surface area (Å²) in [6.07, 6.45) is -0.198. The number of hydrogen-bond donors (Lipinski definition) is 1. The number of carbonyl (C=O) groups excluding carboxylic acids is 1. The van der Waals surface area contributed by atoms with Crippen LogP contribution < -0.4 is 0 Å². The third-order valence-electron chi connectivity index (χ3n) is 1.30. The SMILES string of the molecule is CCC(C(=O)O)C(=O)C(F)(F)Cl. The van der Waals surface area contributed by atoms with Crippen molar-refractivity contribution in [1.82, 2.24) is 0 Å². The van der Waals surface area contributed by atoms with E-state index in [0.29, 0.717) is 0 Å². The summed E-state index contributed by atoms with van der Waals surface area (Å²) in [6.45, 7) is 1.32. The van der Waals surface area contributed by atoms with Crippen molar-refractivity contribution in [2.75, 3.05) is 0 Å². The lowest BCUT2D eigenvalue weighted by Crippen LogP contribution is -2.34. The molecule has 1 unspecified atom stereocenters. The highest BCUT2D eigenvalue weighted by atomic mass is 35.5. The molecule has 0 fully saturated rings. The van der Waals surface area contributed by atoms with Gasteiger partial charge >= 0.3 is 11.4 Å². The summed E-state index contributed by atoms with van der Waals surface area (Å²) in [7, 11) is 0. The van der Waals surface area contributed by atoms with E-state index in [9.17, 15) is 18.4 Å². The van der Waals surface area contributed by atoms with Crippen molar-refractivity contribution in [2.45, 2.75) is 18.7 Å². The number of hydrogen-bond acceptors (Lipinski definition) is 2. The van der Waals surface area contributed by atoms with Crippen molar-refractivity contribution in [2.24, 2.45) is 5.92 Å². The van der Waals surface area contributed by atoms with Gasteiger partial charge in [0.1, 0.15) is 5.92 Å². The maximum Gasteiger partial charge on any atom is 0.381 e. The lowest BCUT2D eigenvalue weighted by Gasteiger charge is -2.11. The first-order valence-electron chi connectivity index (χ1n) is 3.14. The first kappa shape index (κ1) is 11.3. The zero-order valence-electron chi connectivity index (χ0n) is 6.18. The molecule has 6 heteroatoms. The molecular formula is C6H7ClF2O3. The second-order valence-electron chi connectivity index (χ2n) is 2.16. The van der Waals surface area contributed by atoms with E-state index in [1.807, 2.05) is 0 Å². The molecule has 0 radical (unpaired) electrons. The van der Waals surface area contributed by atoms with Crippen LogP contribution in [0.15, 0.2) is 0 Å². The second-order valence-corrected chi connectivity index (χ2v) is 2.64. The fourth-order valence-corrected chi connectivity index (χ4v) is 0.801. The van der Waals surface area contributed by atoms with Crippen LogP contribution in [-0.4, -0.2) is 22.2 Å². The zero-order chi connectivity index (χ0) is 9.94. The Kier molecular flexibility index (Phi) is 3.57. The first-order chi connectivity index (χ1) is 5.30. The Balaban J connectivity index is 4.55. The van der Waals surface area contributed by atoms with Gasteiger partial charge in [-0.2, -0.15) is 8.78 Å². The number of halogens is 3. The van der Waals surface area contributed by atoms with Crippen LogP contribution >= 0.6 is 11.6 Å². The number of aliphatic carboxylic acids is 1. The van der Waals surface area contributed by atoms with Crippen LogP contribution in [0.2, 0.25) is 0 Å². The summed E-state index contributed by atoms with van der Waals surface area (Å²) < 4.78 is 24.1. The van der Waals surface area contributed by atoms with E-state index < -0.39 is 23.1 Å². The number of alkyl halides is 3. The van der Waals surface area contributed by atoms with Gasteiger partial charge in [0.15, 0.2) is 0 Å². The van der Waals surface area contributed by atoms with Gasteiger partial charge in [0.05, 0.1) is 0 Å². The molecule has 0 rings (SSSR count). The molecule has 0 amide bonds. The molecule has 3 nitrogen and oxygen atoms in total. The van der Waals surface area contributed by atoms with E-state index >= 15 is 0 Å². The third kappa shape index (κ3) is 2.73. The Hall–Kier alpha value is -0.710. The fraction of sp³-hybridized carbons (Fsp3) is 0.667. The molecule has 70 valence electrons. The third-order valence-corrected chi connectivity index (χ3v) is 1.49. The number of carboxylic acid groups (broad SMARTS) is 1. The van der Waals surface area contributed by atoms with Crippen LogP contribution in [0.25, 0.3) is 0 Å². The molecule has 0 aromatic heterocycles. The predicted molar refractivity (Wildman–Crippen MR) is 37.2 cm³/mol. The van der Waals surface area contributed by atoms with Crippen LogP contribution in [0.3, 0.4) is 0 Å². The maximum absolute atomic E-state index is 12.1. The van der Waals surface area contributed by atoms with Gasteiger partial charge in [0.25, 0.3) is 0 Å². The Morgan fingerprint density at radius 3 is 2.08 bits per heavy atom. The van der Waals surface area contributed by atoms with Crippen LogP contribution in [-0.2, 0) is 9.59 Å². The maximum atomic E-state index is 12.1. The van der Waals surface area contributed by atoms with Gasteiger partial charge in [-0.15, -0.1) is 0 Å². The van der Waals surface area contributed by atoms with E-state index in [4.69, 9.17) is 5.11 Å². The minimum Gasteiger partial charge on any atom is -0.481 e. The van der Waals surface area contributed by atoms with Crippen LogP contribution in [0.4, 0.5) is 8.78 Å². The summed E-state index contributed by atoms with van der Waals surface area (Å²) in [5.74, 6) is -5.07. The normalized spacial score (nSPS) is 14.0. The number of carbonyl (C=O) groups is 2. The van der Waals surface area contributed by atoms with Crippen LogP contribution in [0, 0.1) is 5.92 Å². The average molecular weight is 201 g/mol. The van der Waals surface area contributed by atoms with Gasteiger partial charge in [0.2, 0.25) is 5.78 Å². The van der Waals surface area contributed by atoms with Crippen LogP contribution in [0.5, 0.6) is 0 Å². The topological polar surface area (TPSA) is 54.4 Å². The second kappa shape index (κ2) is 3.80. The quantitative estimate of drug-likeness (QED) is 0.553. The van der Waals surface area contributed by atoms with Crippen molar-refractivity contribution < 1.29 is 23.5 Å². The minimum atomic E-state index is -4.08. The average Bonchev–Trinajstić information content (AvgIpc) is 1.86. The molecule has 0 heterocycles. The van der Waals surface area contributed by atoms with E-state index in [1.165, 1.54) is 6.92 Å². The van der Waals surface area contributed by atoms with Crippen molar-refractivity contribution in [3.63, 3.8) is 0 Å². The molecule has 0 aliphatic rings. The molecule has 0 bridgehead atoms. The van der Waals surface area contributed by atoms with E-state index in [-0.39, 0.29) is 6.42 Å². The van der Waals surface area contributed by atoms with Crippen molar-refractivity contribution in [1.29, 1.82) is 0 Å². The summed E-state index contributed by atoms with van der Waals surface area (Å²) in [5.41, 5.74) is 0. The molecule has 0 aromatic rings. The van der Waals surface area contributed by atoms with Crippen molar-refractivity contribution >= 4 is 23.4 Å². The predicted octanol–water partition coefficient (Wildman–Crippen LogP) is 1.50. The Labute approximate surface area is 72.3 Å². The molecule has 1 N–H and O–H groups in total. The van der Waals surface area contributed by atoms with Gasteiger partial charge in [-0.1, -0.05) is 6.92 Å². The zero-order valence-corrected chi connectivity index (χ0v) is 6.94. The number of ketones is 1. The van der Waals surface area contributed by atoms with Gasteiger partial charge in [0, 0.05) is 0 Å². The number of rotatable bonds is 4. The molecule has 1 atom stereocenters. The van der Waals surface area contributed by atoms with Gasteiger partial charge in [-0.25, -0.2) is 0 Å². The Bertz CT molecular complexity index is 199. The van der Waals surface area contributed by atoms with Crippen molar-refractivity contribution in [3.8, 4) is 0 Å². The number of carboxylic acids is 1. The summed E-state index contributed by atoms with van der Waals surface area (Å²) in [5, 5.41) is 4.21. The Morgan fingerprint density at radius 1 is 1.58 bits per heavy atom. The highest BCUT2D eigenvalue weighted by Crippen LogP contribution is 2.25. The summed E-state index contributed by atoms with van der Waals surface area (Å²) in [6, 6.07) is 0. The van der Waals surface area contributed by atoms with E-state index in [1.54, 1.807) is 0 Å². The van der Waals surface area contributed by atoms with Crippen LogP contribution in [0.1, 0.15) is 13.3 Å².